The summed E-state index contributed by atoms with van der Waals surface area (Å²) in [5.74, 6) is -4.89. The number of nitro groups is 1. The fourth-order valence-electron chi connectivity index (χ4n) is 1.87. The Balaban J connectivity index is 3.70. The lowest BCUT2D eigenvalue weighted by molar-refractivity contribution is -0.385. The van der Waals surface area contributed by atoms with Crippen LogP contribution in [-0.4, -0.2) is 44.2 Å². The minimum atomic E-state index is -1.77. The maximum Gasteiger partial charge on any atom is 0.338 e. The van der Waals surface area contributed by atoms with Crippen LogP contribution in [-0.2, 0) is 23.8 Å². The first-order chi connectivity index (χ1) is 10.4. The van der Waals surface area contributed by atoms with E-state index in [-0.39, 0.29) is 5.56 Å². The predicted molar refractivity (Wildman–Crippen MR) is 71.2 cm³/mol. The van der Waals surface area contributed by atoms with Crippen LogP contribution in [0.15, 0.2) is 18.2 Å². The zero-order valence-electron chi connectivity index (χ0n) is 12.0. The highest BCUT2D eigenvalue weighted by Gasteiger charge is 2.39. The van der Waals surface area contributed by atoms with E-state index < -0.39 is 40.0 Å². The molecule has 0 saturated heterocycles. The fraction of sp³-hybridized carbons (Fsp3) is 0.308. The maximum absolute atomic E-state index is 11.9. The second-order valence-electron chi connectivity index (χ2n) is 3.97. The number of esters is 3. The van der Waals surface area contributed by atoms with E-state index in [1.54, 1.807) is 0 Å². The minimum absolute atomic E-state index is 0.294. The minimum Gasteiger partial charge on any atom is -0.468 e. The van der Waals surface area contributed by atoms with Crippen LogP contribution < -0.4 is 0 Å². The van der Waals surface area contributed by atoms with E-state index >= 15 is 0 Å². The lowest BCUT2D eigenvalue weighted by Gasteiger charge is -2.15. The van der Waals surface area contributed by atoms with Gasteiger partial charge in [-0.15, -0.1) is 0 Å². The van der Waals surface area contributed by atoms with E-state index in [1.165, 1.54) is 12.1 Å². The number of carbonyl (C=O) groups is 3. The van der Waals surface area contributed by atoms with Crippen molar-refractivity contribution < 1.29 is 33.5 Å². The topological polar surface area (TPSA) is 122 Å². The van der Waals surface area contributed by atoms with Gasteiger partial charge < -0.3 is 14.2 Å². The molecule has 0 aliphatic rings. The lowest BCUT2D eigenvalue weighted by atomic mass is 9.92. The van der Waals surface area contributed by atoms with Gasteiger partial charge in [0.1, 0.15) is 0 Å². The molecule has 0 fully saturated rings. The summed E-state index contributed by atoms with van der Waals surface area (Å²) < 4.78 is 13.5. The van der Waals surface area contributed by atoms with Crippen LogP contribution in [0.4, 0.5) is 5.69 Å². The quantitative estimate of drug-likeness (QED) is 0.257. The van der Waals surface area contributed by atoms with Crippen LogP contribution in [0.25, 0.3) is 0 Å². The summed E-state index contributed by atoms with van der Waals surface area (Å²) in [7, 11) is 3.08. The van der Waals surface area contributed by atoms with Crippen LogP contribution in [0, 0.1) is 10.1 Å². The molecule has 1 rings (SSSR count). The van der Waals surface area contributed by atoms with Crippen molar-refractivity contribution in [3.63, 3.8) is 0 Å². The second kappa shape index (κ2) is 7.16. The van der Waals surface area contributed by atoms with Crippen LogP contribution in [0.1, 0.15) is 21.8 Å². The van der Waals surface area contributed by atoms with Crippen molar-refractivity contribution in [2.45, 2.75) is 5.92 Å². The molecule has 0 aliphatic carbocycles. The number of rotatable bonds is 5. The van der Waals surface area contributed by atoms with Crippen LogP contribution in [0.3, 0.4) is 0 Å². The molecule has 0 saturated carbocycles. The van der Waals surface area contributed by atoms with E-state index in [2.05, 4.69) is 14.2 Å². The van der Waals surface area contributed by atoms with Crippen molar-refractivity contribution in [1.82, 2.24) is 0 Å². The second-order valence-corrected chi connectivity index (χ2v) is 3.97. The van der Waals surface area contributed by atoms with Gasteiger partial charge in [0.05, 0.1) is 37.4 Å². The van der Waals surface area contributed by atoms with Gasteiger partial charge in [0.25, 0.3) is 5.69 Å². The lowest BCUT2D eigenvalue weighted by Crippen LogP contribution is -2.27. The molecule has 22 heavy (non-hydrogen) atoms. The molecule has 0 amide bonds. The Bertz CT molecular complexity index is 608. The number of methoxy groups -OCH3 is 3. The van der Waals surface area contributed by atoms with Gasteiger partial charge in [-0.3, -0.25) is 19.7 Å². The smallest absolute Gasteiger partial charge is 0.338 e. The van der Waals surface area contributed by atoms with Gasteiger partial charge >= 0.3 is 17.9 Å². The molecule has 0 aromatic heterocycles. The highest BCUT2D eigenvalue weighted by Crippen LogP contribution is 2.32. The first kappa shape index (κ1) is 17.1. The molecule has 0 heterocycles. The van der Waals surface area contributed by atoms with E-state index in [1.807, 2.05) is 0 Å². The van der Waals surface area contributed by atoms with Crippen molar-refractivity contribution in [2.75, 3.05) is 21.3 Å². The third-order valence-electron chi connectivity index (χ3n) is 2.85. The molecule has 0 unspecified atom stereocenters. The van der Waals surface area contributed by atoms with Crippen molar-refractivity contribution in [1.29, 1.82) is 0 Å². The first-order valence-electron chi connectivity index (χ1n) is 5.90. The third kappa shape index (κ3) is 3.19. The molecular formula is C13H13NO8. The van der Waals surface area contributed by atoms with E-state index in [0.29, 0.717) is 0 Å². The van der Waals surface area contributed by atoms with Crippen molar-refractivity contribution in [2.24, 2.45) is 0 Å². The Hall–Kier alpha value is -2.97. The van der Waals surface area contributed by atoms with Crippen molar-refractivity contribution in [3.8, 4) is 0 Å². The number of hydrogen-bond donors (Lipinski definition) is 0. The Kier molecular flexibility index (Phi) is 5.56. The summed E-state index contributed by atoms with van der Waals surface area (Å²) in [4.78, 5) is 45.8. The normalized spacial score (nSPS) is 10.0. The molecule has 0 N–H and O–H groups in total. The largest absolute Gasteiger partial charge is 0.468 e. The van der Waals surface area contributed by atoms with Gasteiger partial charge in [0, 0.05) is 6.07 Å². The highest BCUT2D eigenvalue weighted by molar-refractivity contribution is 6.05. The van der Waals surface area contributed by atoms with Gasteiger partial charge in [0.15, 0.2) is 5.92 Å². The summed E-state index contributed by atoms with van der Waals surface area (Å²) in [6.45, 7) is 0. The Morgan fingerprint density at radius 2 is 1.59 bits per heavy atom. The van der Waals surface area contributed by atoms with Gasteiger partial charge in [-0.1, -0.05) is 6.07 Å². The van der Waals surface area contributed by atoms with Gasteiger partial charge in [-0.2, -0.15) is 0 Å². The molecular weight excluding hydrogens is 298 g/mol. The summed E-state index contributed by atoms with van der Waals surface area (Å²) >= 11 is 0. The molecule has 1 aromatic rings. The number of nitrogens with zero attached hydrogens (tertiary/aromatic N) is 1. The van der Waals surface area contributed by atoms with Crippen LogP contribution in [0.2, 0.25) is 0 Å². The molecule has 0 spiro atoms. The molecule has 0 atom stereocenters. The number of carbonyl (C=O) groups excluding carboxylic acids is 3. The van der Waals surface area contributed by atoms with E-state index in [0.717, 1.165) is 27.4 Å². The Morgan fingerprint density at radius 3 is 2.00 bits per heavy atom. The van der Waals surface area contributed by atoms with Crippen molar-refractivity contribution in [3.05, 3.63) is 39.4 Å². The van der Waals surface area contributed by atoms with Crippen LogP contribution in [0.5, 0.6) is 0 Å². The third-order valence-corrected chi connectivity index (χ3v) is 2.85. The van der Waals surface area contributed by atoms with E-state index in [9.17, 15) is 24.5 Å². The monoisotopic (exact) mass is 311 g/mol. The average molecular weight is 311 g/mol. The van der Waals surface area contributed by atoms with Gasteiger partial charge in [-0.25, -0.2) is 4.79 Å². The molecule has 9 heteroatoms. The average Bonchev–Trinajstić information content (AvgIpc) is 2.53. The number of benzene rings is 1. The highest BCUT2D eigenvalue weighted by atomic mass is 16.6. The Labute approximate surface area is 124 Å². The molecule has 9 nitrogen and oxygen atoms in total. The number of hydrogen-bond acceptors (Lipinski definition) is 8. The fourth-order valence-corrected chi connectivity index (χ4v) is 1.87. The maximum atomic E-state index is 11.9. The molecule has 0 radical (unpaired) electrons. The summed E-state index contributed by atoms with van der Waals surface area (Å²) in [5.41, 5.74) is -1.32. The molecule has 118 valence electrons. The number of nitro benzene ring substituents is 1. The first-order valence-corrected chi connectivity index (χ1v) is 5.90. The summed E-state index contributed by atoms with van der Waals surface area (Å²) in [6.07, 6.45) is 0. The van der Waals surface area contributed by atoms with E-state index in [4.69, 9.17) is 0 Å². The van der Waals surface area contributed by atoms with Crippen molar-refractivity contribution >= 4 is 23.6 Å². The van der Waals surface area contributed by atoms with Crippen LogP contribution >= 0.6 is 0 Å². The standard InChI is InChI=1S/C13H13NO8/c1-20-11(15)7-5-4-6-8(14(18)19)9(7)10(12(16)21-2)13(17)22-3/h4-6,10H,1-3H3. The summed E-state index contributed by atoms with van der Waals surface area (Å²) in [6, 6.07) is 3.49. The molecule has 0 aliphatic heterocycles. The predicted octanol–water partition coefficient (Wildman–Crippen LogP) is 0.811. The zero-order valence-corrected chi connectivity index (χ0v) is 12.0. The summed E-state index contributed by atoms with van der Waals surface area (Å²) in [5, 5.41) is 11.2. The zero-order chi connectivity index (χ0) is 16.9. The van der Waals surface area contributed by atoms with Gasteiger partial charge in [0.2, 0.25) is 0 Å². The molecule has 1 aromatic carbocycles. The van der Waals surface area contributed by atoms with Gasteiger partial charge in [-0.05, 0) is 6.07 Å². The SMILES string of the molecule is COC(=O)c1cccc([N+](=O)[O-])c1C(C(=O)OC)C(=O)OC. The molecule has 0 bridgehead atoms. The Morgan fingerprint density at radius 1 is 1.05 bits per heavy atom. The number of ether oxygens (including phenoxy) is 3.